The molecule has 6 heteroatoms. The first-order valence-corrected chi connectivity index (χ1v) is 5.62. The third-order valence-corrected chi connectivity index (χ3v) is 1.91. The minimum atomic E-state index is -4.40. The molecule has 0 aliphatic carbocycles. The zero-order chi connectivity index (χ0) is 10.4. The third-order valence-electron chi connectivity index (χ3n) is 1.54. The molecule has 0 heterocycles. The number of hydroxylamine groups is 1. The molecule has 0 amide bonds. The SMILES string of the molecule is O=P(O)(O)ONCCc1ccccc1. The van der Waals surface area contributed by atoms with Gasteiger partial charge in [0.1, 0.15) is 0 Å². The molecule has 0 spiro atoms. The minimum absolute atomic E-state index is 0.356. The van der Waals surface area contributed by atoms with E-state index in [0.29, 0.717) is 13.0 Å². The Hall–Kier alpha value is -0.710. The molecule has 0 radical (unpaired) electrons. The van der Waals surface area contributed by atoms with Crippen LogP contribution in [0.1, 0.15) is 5.56 Å². The highest BCUT2D eigenvalue weighted by Gasteiger charge is 2.12. The fraction of sp³-hybridized carbons (Fsp3) is 0.250. The van der Waals surface area contributed by atoms with E-state index in [2.05, 4.69) is 10.1 Å². The summed E-state index contributed by atoms with van der Waals surface area (Å²) in [5.74, 6) is 0. The lowest BCUT2D eigenvalue weighted by Crippen LogP contribution is -2.16. The van der Waals surface area contributed by atoms with E-state index in [4.69, 9.17) is 9.79 Å². The van der Waals surface area contributed by atoms with Gasteiger partial charge in [0.2, 0.25) is 0 Å². The highest BCUT2D eigenvalue weighted by Crippen LogP contribution is 2.33. The predicted molar refractivity (Wildman–Crippen MR) is 51.3 cm³/mol. The van der Waals surface area contributed by atoms with Crippen LogP contribution in [0.4, 0.5) is 0 Å². The molecule has 1 aromatic carbocycles. The first kappa shape index (κ1) is 11.4. The number of benzene rings is 1. The molecule has 0 aliphatic heterocycles. The van der Waals surface area contributed by atoms with Crippen molar-refractivity contribution >= 4 is 7.82 Å². The molecule has 3 N–H and O–H groups in total. The van der Waals surface area contributed by atoms with Crippen molar-refractivity contribution in [3.8, 4) is 0 Å². The van der Waals surface area contributed by atoms with Crippen LogP contribution in [0.2, 0.25) is 0 Å². The van der Waals surface area contributed by atoms with Crippen LogP contribution in [0.3, 0.4) is 0 Å². The maximum atomic E-state index is 10.3. The second-order valence-electron chi connectivity index (χ2n) is 2.71. The van der Waals surface area contributed by atoms with Gasteiger partial charge in [-0.15, -0.1) is 0 Å². The van der Waals surface area contributed by atoms with Crippen molar-refractivity contribution in [1.82, 2.24) is 5.48 Å². The van der Waals surface area contributed by atoms with Gasteiger partial charge in [0.05, 0.1) is 0 Å². The van der Waals surface area contributed by atoms with Gasteiger partial charge in [-0.2, -0.15) is 10.1 Å². The summed E-state index contributed by atoms with van der Waals surface area (Å²) in [6, 6.07) is 9.57. The van der Waals surface area contributed by atoms with Crippen molar-refractivity contribution in [3.63, 3.8) is 0 Å². The quantitative estimate of drug-likeness (QED) is 0.387. The molecule has 0 aromatic heterocycles. The van der Waals surface area contributed by atoms with E-state index in [0.717, 1.165) is 5.56 Å². The molecule has 1 rings (SSSR count). The maximum absolute atomic E-state index is 10.3. The van der Waals surface area contributed by atoms with E-state index in [-0.39, 0.29) is 0 Å². The smallest absolute Gasteiger partial charge is 0.302 e. The lowest BCUT2D eigenvalue weighted by atomic mass is 10.2. The first-order chi connectivity index (χ1) is 6.58. The molecule has 0 atom stereocenters. The van der Waals surface area contributed by atoms with Gasteiger partial charge in [0, 0.05) is 6.54 Å². The molecule has 0 saturated carbocycles. The van der Waals surface area contributed by atoms with E-state index in [1.807, 2.05) is 30.3 Å². The summed E-state index contributed by atoms with van der Waals surface area (Å²) in [6.45, 7) is 0.356. The summed E-state index contributed by atoms with van der Waals surface area (Å²) < 4.78 is 14.3. The van der Waals surface area contributed by atoms with E-state index in [9.17, 15) is 4.57 Å². The Balaban J connectivity index is 2.20. The van der Waals surface area contributed by atoms with E-state index < -0.39 is 7.82 Å². The van der Waals surface area contributed by atoms with Crippen LogP contribution in [-0.2, 0) is 15.6 Å². The topological polar surface area (TPSA) is 78.8 Å². The Bertz CT molecular complexity index is 310. The summed E-state index contributed by atoms with van der Waals surface area (Å²) in [7, 11) is -4.40. The van der Waals surface area contributed by atoms with Gasteiger partial charge >= 0.3 is 7.82 Å². The Kier molecular flexibility index (Phi) is 4.25. The normalized spacial score (nSPS) is 11.6. The van der Waals surface area contributed by atoms with Crippen LogP contribution < -0.4 is 5.48 Å². The minimum Gasteiger partial charge on any atom is -0.302 e. The van der Waals surface area contributed by atoms with Gasteiger partial charge in [0.15, 0.2) is 0 Å². The average molecular weight is 217 g/mol. The van der Waals surface area contributed by atoms with Gasteiger partial charge in [-0.05, 0) is 12.0 Å². The molecular weight excluding hydrogens is 205 g/mol. The van der Waals surface area contributed by atoms with Crippen molar-refractivity contribution in [2.24, 2.45) is 0 Å². The Morgan fingerprint density at radius 2 is 1.93 bits per heavy atom. The number of hydrogen-bond acceptors (Lipinski definition) is 3. The van der Waals surface area contributed by atoms with Crippen molar-refractivity contribution < 1.29 is 19.0 Å². The number of rotatable bonds is 5. The van der Waals surface area contributed by atoms with Gasteiger partial charge in [-0.3, -0.25) is 0 Å². The molecule has 1 aromatic rings. The molecule has 0 saturated heterocycles. The average Bonchev–Trinajstić information content (AvgIpc) is 2.13. The summed E-state index contributed by atoms with van der Waals surface area (Å²) in [5.41, 5.74) is 3.29. The van der Waals surface area contributed by atoms with Crippen LogP contribution in [0, 0.1) is 0 Å². The van der Waals surface area contributed by atoms with Crippen molar-refractivity contribution in [2.45, 2.75) is 6.42 Å². The summed E-state index contributed by atoms with van der Waals surface area (Å²) >= 11 is 0. The lowest BCUT2D eigenvalue weighted by molar-refractivity contribution is 0.126. The maximum Gasteiger partial charge on any atom is 0.486 e. The highest BCUT2D eigenvalue weighted by molar-refractivity contribution is 7.46. The zero-order valence-corrected chi connectivity index (χ0v) is 8.35. The fourth-order valence-electron chi connectivity index (χ4n) is 0.970. The molecular formula is C8H12NO4P. The number of phosphoric acid groups is 1. The van der Waals surface area contributed by atoms with E-state index >= 15 is 0 Å². The van der Waals surface area contributed by atoms with Crippen LogP contribution in [-0.4, -0.2) is 16.3 Å². The monoisotopic (exact) mass is 217 g/mol. The van der Waals surface area contributed by atoms with E-state index in [1.54, 1.807) is 0 Å². The summed E-state index contributed by atoms with van der Waals surface area (Å²) in [5, 5.41) is 0. The second kappa shape index (κ2) is 5.24. The van der Waals surface area contributed by atoms with E-state index in [1.165, 1.54) is 0 Å². The molecule has 0 bridgehead atoms. The Labute approximate surface area is 81.9 Å². The number of nitrogens with one attached hydrogen (secondary N) is 1. The summed E-state index contributed by atoms with van der Waals surface area (Å²) in [6.07, 6.45) is 0.654. The first-order valence-electron chi connectivity index (χ1n) is 4.09. The van der Waals surface area contributed by atoms with Crippen molar-refractivity contribution in [2.75, 3.05) is 6.54 Å². The molecule has 0 aliphatic rings. The molecule has 5 nitrogen and oxygen atoms in total. The fourth-order valence-corrected chi connectivity index (χ4v) is 1.23. The van der Waals surface area contributed by atoms with Crippen LogP contribution in [0.25, 0.3) is 0 Å². The summed E-state index contributed by atoms with van der Waals surface area (Å²) in [4.78, 5) is 16.7. The van der Waals surface area contributed by atoms with Gasteiger partial charge in [0.25, 0.3) is 0 Å². The molecule has 14 heavy (non-hydrogen) atoms. The standard InChI is InChI=1S/C8H12NO4P/c10-14(11,12)13-9-7-6-8-4-2-1-3-5-8/h1-5,9H,6-7H2,(H2,10,11,12). The predicted octanol–water partition coefficient (Wildman–Crippen LogP) is 0.843. The van der Waals surface area contributed by atoms with Gasteiger partial charge < -0.3 is 9.79 Å². The largest absolute Gasteiger partial charge is 0.486 e. The highest BCUT2D eigenvalue weighted by atomic mass is 31.2. The van der Waals surface area contributed by atoms with Gasteiger partial charge in [-0.1, -0.05) is 30.3 Å². The molecule has 78 valence electrons. The lowest BCUT2D eigenvalue weighted by Gasteiger charge is -2.05. The van der Waals surface area contributed by atoms with Crippen LogP contribution >= 0.6 is 7.82 Å². The molecule has 0 fully saturated rings. The Morgan fingerprint density at radius 3 is 2.50 bits per heavy atom. The molecule has 0 unspecified atom stereocenters. The van der Waals surface area contributed by atoms with Gasteiger partial charge in [-0.25, -0.2) is 4.57 Å². The Morgan fingerprint density at radius 1 is 1.29 bits per heavy atom. The number of hydrogen-bond donors (Lipinski definition) is 3. The van der Waals surface area contributed by atoms with Crippen LogP contribution in [0.5, 0.6) is 0 Å². The van der Waals surface area contributed by atoms with Crippen molar-refractivity contribution in [3.05, 3.63) is 35.9 Å². The second-order valence-corrected chi connectivity index (χ2v) is 3.88. The zero-order valence-electron chi connectivity index (χ0n) is 7.46. The van der Waals surface area contributed by atoms with Crippen molar-refractivity contribution in [1.29, 1.82) is 0 Å². The third kappa shape index (κ3) is 5.11. The van der Waals surface area contributed by atoms with Crippen LogP contribution in [0.15, 0.2) is 30.3 Å².